The molecular formula is C17H24N2O6S. The molecule has 2 rings (SSSR count). The van der Waals surface area contributed by atoms with Crippen molar-refractivity contribution in [3.05, 3.63) is 29.8 Å². The maximum Gasteiger partial charge on any atom is 0.326 e. The van der Waals surface area contributed by atoms with Crippen LogP contribution in [0.4, 0.5) is 5.69 Å². The first-order chi connectivity index (χ1) is 12.3. The molecule has 144 valence electrons. The molecule has 1 saturated heterocycles. The highest BCUT2D eigenvalue weighted by Gasteiger charge is 2.31. The van der Waals surface area contributed by atoms with Crippen LogP contribution in [0.1, 0.15) is 36.5 Å². The molecule has 0 spiro atoms. The van der Waals surface area contributed by atoms with E-state index in [4.69, 9.17) is 4.74 Å². The summed E-state index contributed by atoms with van der Waals surface area (Å²) in [4.78, 5) is 24.0. The van der Waals surface area contributed by atoms with Gasteiger partial charge in [0.2, 0.25) is 10.0 Å². The van der Waals surface area contributed by atoms with E-state index in [1.54, 1.807) is 6.92 Å². The minimum Gasteiger partial charge on any atom is -0.480 e. The predicted molar refractivity (Wildman–Crippen MR) is 96.6 cm³/mol. The van der Waals surface area contributed by atoms with E-state index in [1.165, 1.54) is 24.3 Å². The third-order valence-electron chi connectivity index (χ3n) is 4.09. The highest BCUT2D eigenvalue weighted by molar-refractivity contribution is 7.92. The fourth-order valence-corrected chi connectivity index (χ4v) is 3.98. The molecule has 1 aliphatic rings. The monoisotopic (exact) mass is 384 g/mol. The third kappa shape index (κ3) is 5.70. The van der Waals surface area contributed by atoms with Crippen molar-refractivity contribution in [2.75, 3.05) is 23.7 Å². The summed E-state index contributed by atoms with van der Waals surface area (Å²) in [6.07, 6.45) is 1.88. The minimum absolute atomic E-state index is 0.0216. The minimum atomic E-state index is -3.47. The molecule has 1 aromatic rings. The molecule has 9 heteroatoms. The predicted octanol–water partition coefficient (Wildman–Crippen LogP) is 1.45. The van der Waals surface area contributed by atoms with Crippen LogP contribution in [-0.2, 0) is 19.6 Å². The maximum absolute atomic E-state index is 12.5. The smallest absolute Gasteiger partial charge is 0.326 e. The molecule has 2 unspecified atom stereocenters. The van der Waals surface area contributed by atoms with E-state index >= 15 is 0 Å². The van der Waals surface area contributed by atoms with E-state index in [9.17, 15) is 23.1 Å². The standard InChI is InChI=1S/C17H24N2O6S/c1-2-9-26(23,24)19-14-7-3-5-12(10-14)16(20)18-15(17(21)22)13-6-4-8-25-11-13/h3,5,7,10,13,15,19H,2,4,6,8-9,11H2,1H3,(H,18,20)(H,21,22). The zero-order valence-corrected chi connectivity index (χ0v) is 15.4. The number of benzene rings is 1. The van der Waals surface area contributed by atoms with Gasteiger partial charge < -0.3 is 15.2 Å². The van der Waals surface area contributed by atoms with Crippen LogP contribution in [0.3, 0.4) is 0 Å². The lowest BCUT2D eigenvalue weighted by molar-refractivity contribution is -0.142. The summed E-state index contributed by atoms with van der Waals surface area (Å²) in [5, 5.41) is 11.9. The fourth-order valence-electron chi connectivity index (χ4n) is 2.86. The third-order valence-corrected chi connectivity index (χ3v) is 5.58. The first-order valence-corrected chi connectivity index (χ1v) is 10.2. The van der Waals surface area contributed by atoms with Gasteiger partial charge in [-0.15, -0.1) is 0 Å². The number of rotatable bonds is 8. The van der Waals surface area contributed by atoms with Crippen molar-refractivity contribution in [3.63, 3.8) is 0 Å². The average Bonchev–Trinajstić information content (AvgIpc) is 2.59. The number of carbonyl (C=O) groups is 2. The van der Waals surface area contributed by atoms with Crippen LogP contribution >= 0.6 is 0 Å². The second-order valence-corrected chi connectivity index (χ2v) is 8.11. The van der Waals surface area contributed by atoms with Crippen molar-refractivity contribution >= 4 is 27.6 Å². The Morgan fingerprint density at radius 3 is 2.77 bits per heavy atom. The Hall–Kier alpha value is -2.13. The molecule has 2 atom stereocenters. The van der Waals surface area contributed by atoms with Crippen molar-refractivity contribution in [3.8, 4) is 0 Å². The van der Waals surface area contributed by atoms with Crippen molar-refractivity contribution in [2.24, 2.45) is 5.92 Å². The van der Waals surface area contributed by atoms with Gasteiger partial charge in [0.05, 0.1) is 12.4 Å². The lowest BCUT2D eigenvalue weighted by atomic mass is 9.93. The zero-order chi connectivity index (χ0) is 19.2. The van der Waals surface area contributed by atoms with E-state index in [1.807, 2.05) is 0 Å². The van der Waals surface area contributed by atoms with Gasteiger partial charge in [-0.25, -0.2) is 13.2 Å². The topological polar surface area (TPSA) is 122 Å². The van der Waals surface area contributed by atoms with Crippen LogP contribution in [0.2, 0.25) is 0 Å². The molecular weight excluding hydrogens is 360 g/mol. The van der Waals surface area contributed by atoms with E-state index in [-0.39, 0.29) is 29.5 Å². The first kappa shape index (κ1) is 20.2. The van der Waals surface area contributed by atoms with Crippen LogP contribution in [0.25, 0.3) is 0 Å². The SMILES string of the molecule is CCCS(=O)(=O)Nc1cccc(C(=O)NC(C(=O)O)C2CCCOC2)c1. The molecule has 1 heterocycles. The molecule has 3 N–H and O–H groups in total. The quantitative estimate of drug-likeness (QED) is 0.624. The number of carboxylic acid groups (broad SMARTS) is 1. The van der Waals surface area contributed by atoms with E-state index < -0.39 is 27.9 Å². The number of anilines is 1. The Kier molecular flexibility index (Phi) is 6.98. The Morgan fingerprint density at radius 2 is 2.15 bits per heavy atom. The van der Waals surface area contributed by atoms with Gasteiger partial charge >= 0.3 is 5.97 Å². The zero-order valence-electron chi connectivity index (χ0n) is 14.6. The molecule has 1 aromatic carbocycles. The molecule has 8 nitrogen and oxygen atoms in total. The highest BCUT2D eigenvalue weighted by Crippen LogP contribution is 2.19. The second-order valence-electron chi connectivity index (χ2n) is 6.27. The van der Waals surface area contributed by atoms with Crippen molar-refractivity contribution in [1.29, 1.82) is 0 Å². The molecule has 0 bridgehead atoms. The van der Waals surface area contributed by atoms with Crippen LogP contribution in [0.5, 0.6) is 0 Å². The summed E-state index contributed by atoms with van der Waals surface area (Å²) in [5.41, 5.74) is 0.448. The number of sulfonamides is 1. The summed E-state index contributed by atoms with van der Waals surface area (Å²) in [7, 11) is -3.47. The van der Waals surface area contributed by atoms with Crippen LogP contribution in [0.15, 0.2) is 24.3 Å². The molecule has 0 saturated carbocycles. The molecule has 0 aromatic heterocycles. The van der Waals surface area contributed by atoms with Gasteiger partial charge in [-0.05, 0) is 37.5 Å². The average molecular weight is 384 g/mol. The van der Waals surface area contributed by atoms with Crippen molar-refractivity contribution in [1.82, 2.24) is 5.32 Å². The van der Waals surface area contributed by atoms with Crippen molar-refractivity contribution < 1.29 is 27.9 Å². The summed E-state index contributed by atoms with van der Waals surface area (Å²) in [6.45, 7) is 2.63. The van der Waals surface area contributed by atoms with Gasteiger partial charge in [-0.2, -0.15) is 0 Å². The van der Waals surface area contributed by atoms with Gasteiger partial charge in [-0.1, -0.05) is 13.0 Å². The Morgan fingerprint density at radius 1 is 1.38 bits per heavy atom. The molecule has 1 aliphatic heterocycles. The second kappa shape index (κ2) is 9.00. The Labute approximate surface area is 153 Å². The maximum atomic E-state index is 12.5. The number of hydrogen-bond acceptors (Lipinski definition) is 5. The Balaban J connectivity index is 2.10. The van der Waals surface area contributed by atoms with E-state index in [2.05, 4.69) is 10.0 Å². The first-order valence-electron chi connectivity index (χ1n) is 8.54. The van der Waals surface area contributed by atoms with Crippen LogP contribution in [-0.4, -0.2) is 50.4 Å². The van der Waals surface area contributed by atoms with Crippen molar-refractivity contribution in [2.45, 2.75) is 32.2 Å². The molecule has 1 amide bonds. The molecule has 0 radical (unpaired) electrons. The number of aliphatic carboxylic acids is 1. The molecule has 1 fully saturated rings. The van der Waals surface area contributed by atoms with Gasteiger partial charge in [-0.3, -0.25) is 9.52 Å². The highest BCUT2D eigenvalue weighted by atomic mass is 32.2. The van der Waals surface area contributed by atoms with Crippen LogP contribution in [0, 0.1) is 5.92 Å². The number of carboxylic acids is 1. The Bertz CT molecular complexity index is 743. The number of ether oxygens (including phenoxy) is 1. The lowest BCUT2D eigenvalue weighted by Crippen LogP contribution is -2.48. The van der Waals surface area contributed by atoms with Crippen LogP contribution < -0.4 is 10.0 Å². The molecule has 0 aliphatic carbocycles. The number of hydrogen-bond donors (Lipinski definition) is 3. The normalized spacial score (nSPS) is 18.7. The van der Waals surface area contributed by atoms with Gasteiger partial charge in [0, 0.05) is 23.8 Å². The number of nitrogens with one attached hydrogen (secondary N) is 2. The summed E-state index contributed by atoms with van der Waals surface area (Å²) in [5.74, 6) is -2.00. The fraction of sp³-hybridized carbons (Fsp3) is 0.529. The largest absolute Gasteiger partial charge is 0.480 e. The van der Waals surface area contributed by atoms with E-state index in [0.717, 1.165) is 6.42 Å². The van der Waals surface area contributed by atoms with Gasteiger partial charge in [0.25, 0.3) is 5.91 Å². The summed E-state index contributed by atoms with van der Waals surface area (Å²) < 4.78 is 31.4. The van der Waals surface area contributed by atoms with E-state index in [0.29, 0.717) is 19.4 Å². The lowest BCUT2D eigenvalue weighted by Gasteiger charge is -2.28. The summed E-state index contributed by atoms with van der Waals surface area (Å²) in [6, 6.07) is 4.91. The van der Waals surface area contributed by atoms with Gasteiger partial charge in [0.1, 0.15) is 6.04 Å². The molecule has 26 heavy (non-hydrogen) atoms. The number of carbonyl (C=O) groups excluding carboxylic acids is 1. The number of amides is 1. The summed E-state index contributed by atoms with van der Waals surface area (Å²) >= 11 is 0. The van der Waals surface area contributed by atoms with Gasteiger partial charge in [0.15, 0.2) is 0 Å².